The molecule has 0 aliphatic rings. The second-order valence-electron chi connectivity index (χ2n) is 2.78. The summed E-state index contributed by atoms with van der Waals surface area (Å²) in [7, 11) is -4.09. The van der Waals surface area contributed by atoms with Gasteiger partial charge in [-0.2, -0.15) is 0 Å². The Hall–Kier alpha value is 1.05. The van der Waals surface area contributed by atoms with Crippen molar-refractivity contribution in [1.29, 1.82) is 0 Å². The fourth-order valence-electron chi connectivity index (χ4n) is 0.722. The van der Waals surface area contributed by atoms with Crippen LogP contribution in [0.25, 0.3) is 0 Å². The first kappa shape index (κ1) is 15.0. The first-order valence-electron chi connectivity index (χ1n) is 3.45. The molecule has 0 amide bonds. The van der Waals surface area contributed by atoms with Gasteiger partial charge in [0.25, 0.3) is 0 Å². The van der Waals surface area contributed by atoms with Gasteiger partial charge >= 0.3 is 7.60 Å². The maximum atomic E-state index is 10.6. The van der Waals surface area contributed by atoms with Crippen molar-refractivity contribution in [3.63, 3.8) is 0 Å². The van der Waals surface area contributed by atoms with Crippen molar-refractivity contribution < 1.29 is 14.4 Å². The van der Waals surface area contributed by atoms with Crippen molar-refractivity contribution in [1.82, 2.24) is 0 Å². The number of rotatable bonds is 3. The van der Waals surface area contributed by atoms with Crippen molar-refractivity contribution in [2.45, 2.75) is 16.1 Å². The van der Waals surface area contributed by atoms with Gasteiger partial charge in [-0.05, 0) is 6.92 Å². The SMILES string of the molecule is CC(=CC(Cl)C(Cl)(Cl)Cl)CP(=O)(O)O. The van der Waals surface area contributed by atoms with Crippen LogP contribution in [-0.2, 0) is 4.57 Å². The summed E-state index contributed by atoms with van der Waals surface area (Å²) < 4.78 is 8.90. The first-order valence-corrected chi connectivity index (χ1v) is 6.82. The van der Waals surface area contributed by atoms with E-state index in [-0.39, 0.29) is 0 Å². The number of halogens is 4. The Bertz CT molecular complexity index is 267. The lowest BCUT2D eigenvalue weighted by molar-refractivity contribution is 0.376. The lowest BCUT2D eigenvalue weighted by Gasteiger charge is -2.15. The molecule has 84 valence electrons. The van der Waals surface area contributed by atoms with Crippen LogP contribution in [0.2, 0.25) is 0 Å². The van der Waals surface area contributed by atoms with E-state index in [2.05, 4.69) is 0 Å². The highest BCUT2D eigenvalue weighted by molar-refractivity contribution is 7.52. The van der Waals surface area contributed by atoms with Crippen LogP contribution in [-0.4, -0.2) is 25.1 Å². The van der Waals surface area contributed by atoms with E-state index in [1.807, 2.05) is 0 Å². The Morgan fingerprint density at radius 1 is 1.50 bits per heavy atom. The van der Waals surface area contributed by atoms with Crippen LogP contribution in [0.5, 0.6) is 0 Å². The molecule has 0 saturated carbocycles. The molecule has 1 atom stereocenters. The fourth-order valence-corrected chi connectivity index (χ4v) is 1.88. The van der Waals surface area contributed by atoms with Crippen LogP contribution < -0.4 is 0 Å². The van der Waals surface area contributed by atoms with E-state index in [1.54, 1.807) is 0 Å². The molecular formula is C6H9Cl4O3P. The molecular weight excluding hydrogens is 293 g/mol. The second kappa shape index (κ2) is 5.40. The smallest absolute Gasteiger partial charge is 0.324 e. The van der Waals surface area contributed by atoms with E-state index in [1.165, 1.54) is 13.0 Å². The third-order valence-corrected chi connectivity index (χ3v) is 3.60. The average molecular weight is 302 g/mol. The van der Waals surface area contributed by atoms with Crippen LogP contribution in [0.3, 0.4) is 0 Å². The molecule has 0 aromatic carbocycles. The number of hydrogen-bond acceptors (Lipinski definition) is 1. The van der Waals surface area contributed by atoms with Gasteiger partial charge in [-0.25, -0.2) is 0 Å². The highest BCUT2D eigenvalue weighted by atomic mass is 35.6. The van der Waals surface area contributed by atoms with Gasteiger partial charge in [-0.3, -0.25) is 4.57 Å². The summed E-state index contributed by atoms with van der Waals surface area (Å²) in [6.45, 7) is 1.50. The minimum Gasteiger partial charge on any atom is -0.324 e. The van der Waals surface area contributed by atoms with Crippen LogP contribution in [0.4, 0.5) is 0 Å². The lowest BCUT2D eigenvalue weighted by Crippen LogP contribution is -2.17. The van der Waals surface area contributed by atoms with Crippen LogP contribution in [0.15, 0.2) is 11.6 Å². The first-order chi connectivity index (χ1) is 6.02. The molecule has 0 rings (SSSR count). The molecule has 8 heteroatoms. The summed E-state index contributed by atoms with van der Waals surface area (Å²) in [4.78, 5) is 17.3. The van der Waals surface area contributed by atoms with E-state index in [0.717, 1.165) is 0 Å². The van der Waals surface area contributed by atoms with E-state index in [9.17, 15) is 4.57 Å². The van der Waals surface area contributed by atoms with E-state index in [4.69, 9.17) is 56.2 Å². The van der Waals surface area contributed by atoms with Crippen molar-refractivity contribution in [2.75, 3.05) is 6.16 Å². The zero-order valence-electron chi connectivity index (χ0n) is 7.12. The summed E-state index contributed by atoms with van der Waals surface area (Å²) in [5, 5.41) is -0.918. The van der Waals surface area contributed by atoms with Gasteiger partial charge in [-0.1, -0.05) is 46.5 Å². The Morgan fingerprint density at radius 2 is 1.93 bits per heavy atom. The molecule has 0 heterocycles. The molecule has 0 aliphatic carbocycles. The second-order valence-corrected chi connectivity index (χ2v) is 7.26. The third-order valence-electron chi connectivity index (χ3n) is 1.20. The number of allylic oxidation sites excluding steroid dienone is 2. The Kier molecular flexibility index (Phi) is 5.80. The Labute approximate surface area is 102 Å². The monoisotopic (exact) mass is 300 g/mol. The van der Waals surface area contributed by atoms with Crippen LogP contribution in [0.1, 0.15) is 6.92 Å². The number of alkyl halides is 4. The summed E-state index contributed by atoms with van der Waals surface area (Å²) in [6.07, 6.45) is 0.921. The largest absolute Gasteiger partial charge is 0.329 e. The van der Waals surface area contributed by atoms with Crippen LogP contribution in [0, 0.1) is 0 Å². The molecule has 0 aromatic heterocycles. The van der Waals surface area contributed by atoms with E-state index >= 15 is 0 Å². The summed E-state index contributed by atoms with van der Waals surface area (Å²) in [6, 6.07) is 0. The van der Waals surface area contributed by atoms with Gasteiger partial charge < -0.3 is 9.79 Å². The molecule has 3 nitrogen and oxygen atoms in total. The quantitative estimate of drug-likeness (QED) is 0.478. The minimum atomic E-state index is -4.09. The molecule has 0 aliphatic heterocycles. The summed E-state index contributed by atoms with van der Waals surface area (Å²) in [5.74, 6) is 0. The zero-order chi connectivity index (χ0) is 11.6. The van der Waals surface area contributed by atoms with E-state index < -0.39 is 22.9 Å². The highest BCUT2D eigenvalue weighted by Gasteiger charge is 2.29. The van der Waals surface area contributed by atoms with Crippen molar-refractivity contribution >= 4 is 54.0 Å². The predicted molar refractivity (Wildman–Crippen MR) is 60.6 cm³/mol. The molecule has 0 radical (unpaired) electrons. The van der Waals surface area contributed by atoms with Crippen molar-refractivity contribution in [3.8, 4) is 0 Å². The molecule has 0 saturated heterocycles. The molecule has 0 spiro atoms. The molecule has 0 bridgehead atoms. The molecule has 2 N–H and O–H groups in total. The van der Waals surface area contributed by atoms with Gasteiger partial charge in [0.15, 0.2) is 0 Å². The van der Waals surface area contributed by atoms with Gasteiger partial charge in [0.1, 0.15) is 0 Å². The maximum Gasteiger partial charge on any atom is 0.329 e. The van der Waals surface area contributed by atoms with Gasteiger partial charge in [0.05, 0.1) is 11.5 Å². The van der Waals surface area contributed by atoms with Gasteiger partial charge in [0, 0.05) is 0 Å². The lowest BCUT2D eigenvalue weighted by atomic mass is 10.3. The minimum absolute atomic E-state index is 0.379. The maximum absolute atomic E-state index is 10.6. The van der Waals surface area contributed by atoms with E-state index in [0.29, 0.717) is 5.57 Å². The normalized spacial score (nSPS) is 16.9. The molecule has 0 fully saturated rings. The predicted octanol–water partition coefficient (Wildman–Crippen LogP) is 3.09. The van der Waals surface area contributed by atoms with Crippen molar-refractivity contribution in [3.05, 3.63) is 11.6 Å². The van der Waals surface area contributed by atoms with Crippen molar-refractivity contribution in [2.24, 2.45) is 0 Å². The summed E-state index contributed by atoms with van der Waals surface area (Å²) in [5.41, 5.74) is 0.379. The Balaban J connectivity index is 4.47. The van der Waals surface area contributed by atoms with Crippen LogP contribution >= 0.6 is 54.0 Å². The third kappa shape index (κ3) is 7.36. The fraction of sp³-hybridized carbons (Fsp3) is 0.667. The highest BCUT2D eigenvalue weighted by Crippen LogP contribution is 2.39. The Morgan fingerprint density at radius 3 is 2.21 bits per heavy atom. The average Bonchev–Trinajstić information content (AvgIpc) is 1.79. The van der Waals surface area contributed by atoms with Gasteiger partial charge in [-0.15, -0.1) is 11.6 Å². The molecule has 14 heavy (non-hydrogen) atoms. The summed E-state index contributed by atoms with van der Waals surface area (Å²) >= 11 is 22.0. The zero-order valence-corrected chi connectivity index (χ0v) is 11.0. The molecule has 0 aromatic rings. The van der Waals surface area contributed by atoms with Gasteiger partial charge in [0.2, 0.25) is 3.79 Å². The topological polar surface area (TPSA) is 57.5 Å². The standard InChI is InChI=1S/C6H9Cl4O3P/c1-4(3-14(11,12)13)2-5(7)6(8,9)10/h2,5H,3H2,1H3,(H2,11,12,13). The molecule has 1 unspecified atom stereocenters. The number of hydrogen-bond donors (Lipinski definition) is 2.